The lowest BCUT2D eigenvalue weighted by Crippen LogP contribution is -2.25. The van der Waals surface area contributed by atoms with E-state index in [1.807, 2.05) is 97.1 Å². The zero-order chi connectivity index (χ0) is 24.9. The lowest BCUT2D eigenvalue weighted by Gasteiger charge is -2.15. The van der Waals surface area contributed by atoms with Crippen LogP contribution in [0.3, 0.4) is 0 Å². The molecule has 0 fully saturated rings. The van der Waals surface area contributed by atoms with Crippen LogP contribution in [-0.2, 0) is 6.61 Å². The summed E-state index contributed by atoms with van der Waals surface area (Å²) in [6.07, 6.45) is 0. The lowest BCUT2D eigenvalue weighted by atomic mass is 10.2. The van der Waals surface area contributed by atoms with Crippen molar-refractivity contribution in [3.63, 3.8) is 0 Å². The molecule has 0 saturated carbocycles. The third-order valence-corrected chi connectivity index (χ3v) is 6.17. The van der Waals surface area contributed by atoms with Crippen LogP contribution in [0.4, 0.5) is 11.4 Å². The average Bonchev–Trinajstić information content (AvgIpc) is 2.90. The Morgan fingerprint density at radius 1 is 0.833 bits per heavy atom. The van der Waals surface area contributed by atoms with Crippen molar-refractivity contribution in [2.45, 2.75) is 6.61 Å². The molecule has 0 spiro atoms. The van der Waals surface area contributed by atoms with E-state index in [9.17, 15) is 4.79 Å². The summed E-state index contributed by atoms with van der Waals surface area (Å²) in [6, 6.07) is 32.0. The Morgan fingerprint density at radius 2 is 1.44 bits per heavy atom. The highest BCUT2D eigenvalue weighted by atomic mass is 79.9. The normalized spacial score (nSPS) is 10.7. The van der Waals surface area contributed by atoms with Gasteiger partial charge in [0.2, 0.25) is 0 Å². The maximum absolute atomic E-state index is 13.5. The lowest BCUT2D eigenvalue weighted by molar-refractivity contribution is 0.292. The summed E-state index contributed by atoms with van der Waals surface area (Å²) in [5.74, 6) is 1.22. The second kappa shape index (κ2) is 10.7. The van der Waals surface area contributed by atoms with Crippen molar-refractivity contribution >= 4 is 55.5 Å². The first kappa shape index (κ1) is 23.7. The molecule has 0 saturated heterocycles. The molecule has 1 heterocycles. The smallest absolute Gasteiger partial charge is 0.266 e. The number of aromatic nitrogens is 2. The molecule has 4 aromatic carbocycles. The van der Waals surface area contributed by atoms with Gasteiger partial charge >= 0.3 is 0 Å². The number of para-hydroxylation sites is 2. The van der Waals surface area contributed by atoms with Gasteiger partial charge in [-0.25, -0.2) is 4.98 Å². The number of hydrogen-bond acceptors (Lipinski definition) is 4. The SMILES string of the molecule is O=c1c2ccccc2nc(COc2ccccc2)n1-c1ccc(NC(=S)Nc2ccc(Br)cc2)cc1. The average molecular weight is 557 g/mol. The first-order chi connectivity index (χ1) is 17.6. The van der Waals surface area contributed by atoms with E-state index in [-0.39, 0.29) is 12.2 Å². The van der Waals surface area contributed by atoms with Crippen molar-refractivity contribution in [1.82, 2.24) is 9.55 Å². The van der Waals surface area contributed by atoms with Gasteiger partial charge < -0.3 is 15.4 Å². The fourth-order valence-corrected chi connectivity index (χ4v) is 4.23. The molecule has 0 aliphatic heterocycles. The number of halogens is 1. The molecule has 0 aliphatic rings. The predicted molar refractivity (Wildman–Crippen MR) is 152 cm³/mol. The van der Waals surface area contributed by atoms with E-state index in [1.54, 1.807) is 10.6 Å². The summed E-state index contributed by atoms with van der Waals surface area (Å²) in [5, 5.41) is 7.33. The first-order valence-corrected chi connectivity index (χ1v) is 12.4. The molecule has 36 heavy (non-hydrogen) atoms. The van der Waals surface area contributed by atoms with E-state index in [0.717, 1.165) is 15.8 Å². The highest BCUT2D eigenvalue weighted by molar-refractivity contribution is 9.10. The van der Waals surface area contributed by atoms with Gasteiger partial charge in [-0.05, 0) is 85.0 Å². The van der Waals surface area contributed by atoms with Crippen LogP contribution in [0, 0.1) is 0 Å². The Balaban J connectivity index is 1.41. The van der Waals surface area contributed by atoms with Gasteiger partial charge in [-0.2, -0.15) is 0 Å². The minimum absolute atomic E-state index is 0.144. The van der Waals surface area contributed by atoms with Crippen molar-refractivity contribution in [3.05, 3.63) is 124 Å². The third kappa shape index (κ3) is 5.45. The molecule has 5 rings (SSSR count). The molecular formula is C28H21BrN4O2S. The van der Waals surface area contributed by atoms with Gasteiger partial charge in [0, 0.05) is 15.8 Å². The van der Waals surface area contributed by atoms with Crippen LogP contribution in [0.2, 0.25) is 0 Å². The first-order valence-electron chi connectivity index (χ1n) is 11.2. The van der Waals surface area contributed by atoms with E-state index >= 15 is 0 Å². The molecule has 6 nitrogen and oxygen atoms in total. The molecule has 0 aliphatic carbocycles. The number of anilines is 2. The molecule has 178 valence electrons. The Kier molecular flexibility index (Phi) is 7.06. The molecule has 0 radical (unpaired) electrons. The van der Waals surface area contributed by atoms with Gasteiger partial charge in [0.1, 0.15) is 12.4 Å². The topological polar surface area (TPSA) is 68.2 Å². The van der Waals surface area contributed by atoms with E-state index in [4.69, 9.17) is 21.9 Å². The monoisotopic (exact) mass is 556 g/mol. The summed E-state index contributed by atoms with van der Waals surface area (Å²) < 4.78 is 8.52. The molecule has 8 heteroatoms. The van der Waals surface area contributed by atoms with Crippen LogP contribution < -0.4 is 20.9 Å². The molecule has 0 bridgehead atoms. The quantitative estimate of drug-likeness (QED) is 0.231. The Morgan fingerprint density at radius 3 is 2.14 bits per heavy atom. The molecule has 2 N–H and O–H groups in total. The minimum Gasteiger partial charge on any atom is -0.486 e. The second-order valence-electron chi connectivity index (χ2n) is 7.92. The van der Waals surface area contributed by atoms with Crippen molar-refractivity contribution < 1.29 is 4.74 Å². The third-order valence-electron chi connectivity index (χ3n) is 5.44. The van der Waals surface area contributed by atoms with Gasteiger partial charge in [0.15, 0.2) is 10.9 Å². The molecule has 0 atom stereocenters. The number of thiocarbonyl (C=S) groups is 1. The van der Waals surface area contributed by atoms with E-state index < -0.39 is 0 Å². The van der Waals surface area contributed by atoms with Gasteiger partial charge in [-0.3, -0.25) is 9.36 Å². The fraction of sp³-hybridized carbons (Fsp3) is 0.0357. The van der Waals surface area contributed by atoms with Gasteiger partial charge in [0.25, 0.3) is 5.56 Å². The zero-order valence-electron chi connectivity index (χ0n) is 19.0. The molecular weight excluding hydrogens is 536 g/mol. The Hall–Kier alpha value is -4.01. The molecule has 0 amide bonds. The van der Waals surface area contributed by atoms with Crippen LogP contribution in [0.5, 0.6) is 5.75 Å². The number of nitrogens with zero attached hydrogens (tertiary/aromatic N) is 2. The Labute approximate surface area is 221 Å². The van der Waals surface area contributed by atoms with Gasteiger partial charge in [0.05, 0.1) is 16.6 Å². The van der Waals surface area contributed by atoms with Gasteiger partial charge in [-0.15, -0.1) is 0 Å². The minimum atomic E-state index is -0.152. The van der Waals surface area contributed by atoms with Crippen molar-refractivity contribution in [2.75, 3.05) is 10.6 Å². The Bertz CT molecular complexity index is 1570. The second-order valence-corrected chi connectivity index (χ2v) is 9.24. The molecule has 1 aromatic heterocycles. The van der Waals surface area contributed by atoms with E-state index in [1.165, 1.54) is 0 Å². The van der Waals surface area contributed by atoms with Crippen LogP contribution in [-0.4, -0.2) is 14.7 Å². The largest absolute Gasteiger partial charge is 0.486 e. The number of benzene rings is 4. The summed E-state index contributed by atoms with van der Waals surface area (Å²) in [7, 11) is 0. The van der Waals surface area contributed by atoms with Crippen molar-refractivity contribution in [1.29, 1.82) is 0 Å². The molecule has 5 aromatic rings. The number of nitrogens with one attached hydrogen (secondary N) is 2. The molecule has 0 unspecified atom stereocenters. The summed E-state index contributed by atoms with van der Waals surface area (Å²) in [5.41, 5.74) is 2.83. The van der Waals surface area contributed by atoms with Crippen molar-refractivity contribution in [3.8, 4) is 11.4 Å². The maximum atomic E-state index is 13.5. The number of ether oxygens (including phenoxy) is 1. The van der Waals surface area contributed by atoms with Crippen LogP contribution in [0.25, 0.3) is 16.6 Å². The number of hydrogen-bond donors (Lipinski definition) is 2. The highest BCUT2D eigenvalue weighted by Crippen LogP contribution is 2.19. The number of rotatable bonds is 6. The zero-order valence-corrected chi connectivity index (χ0v) is 21.4. The summed E-state index contributed by atoms with van der Waals surface area (Å²) in [4.78, 5) is 18.2. The number of fused-ring (bicyclic) bond motifs is 1. The van der Waals surface area contributed by atoms with E-state index in [2.05, 4.69) is 26.6 Å². The highest BCUT2D eigenvalue weighted by Gasteiger charge is 2.14. The van der Waals surface area contributed by atoms with E-state index in [0.29, 0.717) is 33.3 Å². The van der Waals surface area contributed by atoms with Crippen LogP contribution >= 0.6 is 28.1 Å². The summed E-state index contributed by atoms with van der Waals surface area (Å²) in [6.45, 7) is 0.144. The standard InChI is InChI=1S/C28H21BrN4O2S/c29-19-10-12-20(13-11-19)30-28(36)31-21-14-16-22(17-15-21)33-26(18-35-23-6-2-1-3-7-23)32-25-9-5-4-8-24(25)27(33)34/h1-17H,18H2,(H2,30,31,36). The van der Waals surface area contributed by atoms with Crippen LogP contribution in [0.15, 0.2) is 112 Å². The maximum Gasteiger partial charge on any atom is 0.266 e. The fourth-order valence-electron chi connectivity index (χ4n) is 3.73. The van der Waals surface area contributed by atoms with Crippen molar-refractivity contribution in [2.24, 2.45) is 0 Å². The van der Waals surface area contributed by atoms with Gasteiger partial charge in [-0.1, -0.05) is 46.3 Å². The predicted octanol–water partition coefficient (Wildman–Crippen LogP) is 6.54. The van der Waals surface area contributed by atoms with Crippen LogP contribution in [0.1, 0.15) is 5.82 Å². The summed E-state index contributed by atoms with van der Waals surface area (Å²) >= 11 is 8.86.